The number of phenolic OH excluding ortho intramolecular Hbond substituents is 1. The second kappa shape index (κ2) is 6.48. The van der Waals surface area contributed by atoms with E-state index in [4.69, 9.17) is 23.2 Å². The standard InChI is InChI=1S/C17H16Cl2N4O3/c18-10-4-11(15(25)12(19)5-10)16(26)22-14-8-3-9(14)7-23(6-8)17-20-2-1-13(24)21-17/h1-2,4-5,8-9,14,25H,3,6-7H2,(H,22,26)(H,20,21,24). The number of hydrogen-bond donors (Lipinski definition) is 3. The maximum absolute atomic E-state index is 12.5. The number of halogens is 2. The molecule has 2 aromatic rings. The summed E-state index contributed by atoms with van der Waals surface area (Å²) in [5.74, 6) is 0.383. The number of aromatic amines is 1. The monoisotopic (exact) mass is 394 g/mol. The number of phenols is 1. The van der Waals surface area contributed by atoms with Crippen molar-refractivity contribution >= 4 is 35.1 Å². The second-order valence-corrected chi connectivity index (χ2v) is 7.55. The van der Waals surface area contributed by atoms with Gasteiger partial charge in [-0.3, -0.25) is 14.6 Å². The van der Waals surface area contributed by atoms with E-state index < -0.39 is 5.91 Å². The summed E-state index contributed by atoms with van der Waals surface area (Å²) in [6, 6.07) is 4.17. The molecule has 3 heterocycles. The van der Waals surface area contributed by atoms with Crippen LogP contribution < -0.4 is 15.8 Å². The molecule has 2 unspecified atom stereocenters. The fourth-order valence-electron chi connectivity index (χ4n) is 3.79. The molecular weight excluding hydrogens is 379 g/mol. The molecule has 2 saturated heterocycles. The van der Waals surface area contributed by atoms with Gasteiger partial charge in [0, 0.05) is 36.4 Å². The van der Waals surface area contributed by atoms with Crippen molar-refractivity contribution in [3.63, 3.8) is 0 Å². The van der Waals surface area contributed by atoms with Crippen LogP contribution in [0.5, 0.6) is 5.75 Å². The van der Waals surface area contributed by atoms with Gasteiger partial charge in [-0.15, -0.1) is 0 Å². The largest absolute Gasteiger partial charge is 0.506 e. The van der Waals surface area contributed by atoms with Crippen LogP contribution in [-0.2, 0) is 0 Å². The van der Waals surface area contributed by atoms with Crippen LogP contribution in [0.25, 0.3) is 0 Å². The van der Waals surface area contributed by atoms with Crippen LogP contribution >= 0.6 is 23.2 Å². The topological polar surface area (TPSA) is 98.3 Å². The number of carbonyl (C=O) groups is 1. The Morgan fingerprint density at radius 1 is 1.31 bits per heavy atom. The summed E-state index contributed by atoms with van der Waals surface area (Å²) in [6.45, 7) is 1.38. The summed E-state index contributed by atoms with van der Waals surface area (Å²) in [6.07, 6.45) is 2.49. The van der Waals surface area contributed by atoms with Crippen molar-refractivity contribution in [2.24, 2.45) is 11.8 Å². The number of rotatable bonds is 3. The third-order valence-electron chi connectivity index (χ3n) is 5.06. The summed E-state index contributed by atoms with van der Waals surface area (Å²) < 4.78 is 0. The fourth-order valence-corrected chi connectivity index (χ4v) is 4.28. The van der Waals surface area contributed by atoms with Gasteiger partial charge < -0.3 is 15.3 Å². The molecule has 2 atom stereocenters. The van der Waals surface area contributed by atoms with E-state index in [1.54, 1.807) is 0 Å². The van der Waals surface area contributed by atoms with Crippen LogP contribution in [0.2, 0.25) is 10.0 Å². The number of hydrogen-bond acceptors (Lipinski definition) is 5. The van der Waals surface area contributed by atoms with Crippen LogP contribution in [0.3, 0.4) is 0 Å². The lowest BCUT2D eigenvalue weighted by atomic mass is 9.66. The number of amides is 1. The quantitative estimate of drug-likeness (QED) is 0.739. The van der Waals surface area contributed by atoms with Crippen molar-refractivity contribution in [3.05, 3.63) is 50.4 Å². The van der Waals surface area contributed by atoms with E-state index in [0.29, 0.717) is 19.0 Å². The predicted molar refractivity (Wildman–Crippen MR) is 98.0 cm³/mol. The number of piperidine rings is 2. The van der Waals surface area contributed by atoms with Crippen molar-refractivity contribution in [3.8, 4) is 5.75 Å². The molecule has 5 rings (SSSR count). The lowest BCUT2D eigenvalue weighted by Crippen LogP contribution is -2.64. The van der Waals surface area contributed by atoms with Crippen LogP contribution in [0, 0.1) is 11.8 Å². The summed E-state index contributed by atoms with van der Waals surface area (Å²) in [5, 5.41) is 13.3. The number of H-pyrrole nitrogens is 1. The van der Waals surface area contributed by atoms with Gasteiger partial charge in [0.1, 0.15) is 5.75 Å². The number of nitrogens with one attached hydrogen (secondary N) is 2. The molecule has 7 nitrogen and oxygen atoms in total. The van der Waals surface area contributed by atoms with E-state index in [9.17, 15) is 14.7 Å². The van der Waals surface area contributed by atoms with E-state index in [1.807, 2.05) is 4.90 Å². The molecule has 0 radical (unpaired) electrons. The van der Waals surface area contributed by atoms with Crippen molar-refractivity contribution in [2.75, 3.05) is 18.0 Å². The van der Waals surface area contributed by atoms with E-state index in [1.165, 1.54) is 24.4 Å². The Morgan fingerprint density at radius 2 is 2.04 bits per heavy atom. The Labute approximate surface area is 159 Å². The molecule has 1 aromatic heterocycles. The first-order chi connectivity index (χ1) is 12.4. The molecule has 2 aliphatic heterocycles. The Bertz CT molecular complexity index is 920. The lowest BCUT2D eigenvalue weighted by Gasteiger charge is -2.53. The van der Waals surface area contributed by atoms with Gasteiger partial charge in [-0.25, -0.2) is 4.98 Å². The Kier molecular flexibility index (Phi) is 4.28. The first kappa shape index (κ1) is 17.2. The first-order valence-electron chi connectivity index (χ1n) is 8.21. The van der Waals surface area contributed by atoms with Gasteiger partial charge in [0.2, 0.25) is 5.95 Å². The van der Waals surface area contributed by atoms with Crippen molar-refractivity contribution in [2.45, 2.75) is 12.5 Å². The highest BCUT2D eigenvalue weighted by atomic mass is 35.5. The van der Waals surface area contributed by atoms with Gasteiger partial charge in [0.25, 0.3) is 11.5 Å². The highest BCUT2D eigenvalue weighted by Crippen LogP contribution is 2.41. The van der Waals surface area contributed by atoms with Crippen molar-refractivity contribution in [1.29, 1.82) is 0 Å². The number of fused-ring (bicyclic) bond motifs is 2. The van der Waals surface area contributed by atoms with Gasteiger partial charge in [-0.1, -0.05) is 23.2 Å². The van der Waals surface area contributed by atoms with E-state index in [-0.39, 0.29) is 44.8 Å². The van der Waals surface area contributed by atoms with Crippen molar-refractivity contribution < 1.29 is 9.90 Å². The van der Waals surface area contributed by atoms with Crippen LogP contribution in [0.1, 0.15) is 16.8 Å². The number of anilines is 1. The molecule has 0 spiro atoms. The van der Waals surface area contributed by atoms with Crippen LogP contribution in [0.15, 0.2) is 29.2 Å². The first-order valence-corrected chi connectivity index (χ1v) is 8.97. The maximum Gasteiger partial charge on any atom is 0.255 e. The molecule has 1 saturated carbocycles. The minimum Gasteiger partial charge on any atom is -0.506 e. The molecule has 26 heavy (non-hydrogen) atoms. The molecule has 136 valence electrons. The molecule has 3 aliphatic rings. The number of aromatic hydroxyl groups is 1. The highest BCUT2D eigenvalue weighted by molar-refractivity contribution is 6.36. The Balaban J connectivity index is 1.46. The van der Waals surface area contributed by atoms with E-state index in [2.05, 4.69) is 15.3 Å². The average Bonchev–Trinajstić information content (AvgIpc) is 2.62. The minimum absolute atomic E-state index is 0.00587. The zero-order chi connectivity index (χ0) is 18.4. The number of benzene rings is 1. The average molecular weight is 395 g/mol. The van der Waals surface area contributed by atoms with Crippen LogP contribution in [-0.4, -0.2) is 40.1 Å². The third kappa shape index (κ3) is 3.01. The Hall–Kier alpha value is -2.25. The van der Waals surface area contributed by atoms with E-state index >= 15 is 0 Å². The Morgan fingerprint density at radius 3 is 2.73 bits per heavy atom. The number of nitrogens with zero attached hydrogens (tertiary/aromatic N) is 2. The minimum atomic E-state index is -0.397. The SMILES string of the molecule is O=C(NC1C2CC1CN(c1nccc(=O)[nH]1)C2)c1cc(Cl)cc(Cl)c1O. The molecule has 1 amide bonds. The second-order valence-electron chi connectivity index (χ2n) is 6.70. The van der Waals surface area contributed by atoms with Gasteiger partial charge in [0.05, 0.1) is 10.6 Å². The summed E-state index contributed by atoms with van der Waals surface area (Å²) in [5.41, 5.74) is -0.120. The molecule has 1 aromatic carbocycles. The van der Waals surface area contributed by atoms with Crippen LogP contribution in [0.4, 0.5) is 5.95 Å². The third-order valence-corrected chi connectivity index (χ3v) is 5.57. The smallest absolute Gasteiger partial charge is 0.255 e. The lowest BCUT2D eigenvalue weighted by molar-refractivity contribution is 0.0636. The maximum atomic E-state index is 12.5. The highest BCUT2D eigenvalue weighted by Gasteiger charge is 2.48. The molecule has 2 bridgehead atoms. The summed E-state index contributed by atoms with van der Waals surface area (Å²) in [4.78, 5) is 33.0. The molecule has 1 aliphatic carbocycles. The molecule has 9 heteroatoms. The fraction of sp³-hybridized carbons (Fsp3) is 0.353. The summed E-state index contributed by atoms with van der Waals surface area (Å²) >= 11 is 11.8. The zero-order valence-electron chi connectivity index (χ0n) is 13.6. The molecular formula is C17H16Cl2N4O3. The predicted octanol–water partition coefficient (Wildman–Crippen LogP) is 2.04. The number of aromatic nitrogens is 2. The van der Waals surface area contributed by atoms with Gasteiger partial charge in [0.15, 0.2) is 0 Å². The van der Waals surface area contributed by atoms with E-state index in [0.717, 1.165) is 6.42 Å². The molecule has 3 N–H and O–H groups in total. The summed E-state index contributed by atoms with van der Waals surface area (Å²) in [7, 11) is 0. The molecule has 3 fully saturated rings. The van der Waals surface area contributed by atoms with Gasteiger partial charge in [-0.05, 0) is 30.4 Å². The van der Waals surface area contributed by atoms with Gasteiger partial charge in [-0.2, -0.15) is 0 Å². The number of carbonyl (C=O) groups excluding carboxylic acids is 1. The van der Waals surface area contributed by atoms with Crippen molar-refractivity contribution in [1.82, 2.24) is 15.3 Å². The zero-order valence-corrected chi connectivity index (χ0v) is 15.1. The normalized spacial score (nSPS) is 24.1. The van der Waals surface area contributed by atoms with Gasteiger partial charge >= 0.3 is 0 Å².